The SMILES string of the molecule is COc1ccc(NC(=O)c2ccc(-c3cc4ccccc4oc3=O)cc2)c(OC)c1. The topological polar surface area (TPSA) is 77.8 Å². The number of para-hydroxylation sites is 1. The highest BCUT2D eigenvalue weighted by Crippen LogP contribution is 2.29. The van der Waals surface area contributed by atoms with E-state index in [2.05, 4.69) is 5.32 Å². The number of rotatable bonds is 5. The zero-order valence-electron chi connectivity index (χ0n) is 16.5. The predicted molar refractivity (Wildman–Crippen MR) is 115 cm³/mol. The average molecular weight is 401 g/mol. The van der Waals surface area contributed by atoms with E-state index in [0.29, 0.717) is 39.5 Å². The molecule has 0 aliphatic carbocycles. The quantitative estimate of drug-likeness (QED) is 0.489. The van der Waals surface area contributed by atoms with Crippen LogP contribution in [0.4, 0.5) is 5.69 Å². The van der Waals surface area contributed by atoms with E-state index in [9.17, 15) is 9.59 Å². The van der Waals surface area contributed by atoms with Crippen molar-refractivity contribution < 1.29 is 18.7 Å². The fraction of sp³-hybridized carbons (Fsp3) is 0.0833. The summed E-state index contributed by atoms with van der Waals surface area (Å²) in [6, 6.07) is 21.0. The lowest BCUT2D eigenvalue weighted by Gasteiger charge is -2.12. The van der Waals surface area contributed by atoms with Gasteiger partial charge in [-0.3, -0.25) is 4.79 Å². The molecule has 1 amide bonds. The number of nitrogens with one attached hydrogen (secondary N) is 1. The van der Waals surface area contributed by atoms with E-state index < -0.39 is 5.63 Å². The molecule has 3 aromatic carbocycles. The van der Waals surface area contributed by atoms with E-state index in [1.165, 1.54) is 7.11 Å². The van der Waals surface area contributed by atoms with Crippen LogP contribution in [0.25, 0.3) is 22.1 Å². The van der Waals surface area contributed by atoms with Crippen LogP contribution >= 0.6 is 0 Å². The molecule has 30 heavy (non-hydrogen) atoms. The second-order valence-corrected chi connectivity index (χ2v) is 6.58. The molecule has 0 saturated heterocycles. The third-order valence-electron chi connectivity index (χ3n) is 4.76. The maximum Gasteiger partial charge on any atom is 0.344 e. The predicted octanol–water partition coefficient (Wildman–Crippen LogP) is 4.73. The smallest absolute Gasteiger partial charge is 0.344 e. The second-order valence-electron chi connectivity index (χ2n) is 6.58. The molecular formula is C24H19NO5. The Labute approximate surface area is 172 Å². The Morgan fingerprint density at radius 1 is 0.900 bits per heavy atom. The molecule has 0 radical (unpaired) electrons. The van der Waals surface area contributed by atoms with Gasteiger partial charge in [-0.2, -0.15) is 0 Å². The summed E-state index contributed by atoms with van der Waals surface area (Å²) in [4.78, 5) is 25.0. The Morgan fingerprint density at radius 2 is 1.67 bits per heavy atom. The van der Waals surface area contributed by atoms with Crippen LogP contribution in [0.5, 0.6) is 11.5 Å². The van der Waals surface area contributed by atoms with Crippen molar-refractivity contribution in [3.8, 4) is 22.6 Å². The lowest BCUT2D eigenvalue weighted by atomic mass is 10.0. The maximum absolute atomic E-state index is 12.6. The van der Waals surface area contributed by atoms with Crippen molar-refractivity contribution in [3.63, 3.8) is 0 Å². The molecule has 1 heterocycles. The first-order valence-corrected chi connectivity index (χ1v) is 9.26. The number of methoxy groups -OCH3 is 2. The van der Waals surface area contributed by atoms with E-state index in [0.717, 1.165) is 5.39 Å². The van der Waals surface area contributed by atoms with Gasteiger partial charge in [0, 0.05) is 17.0 Å². The first kappa shape index (κ1) is 19.3. The molecule has 0 saturated carbocycles. The zero-order valence-corrected chi connectivity index (χ0v) is 16.5. The van der Waals surface area contributed by atoms with Crippen LogP contribution in [0.1, 0.15) is 10.4 Å². The molecule has 0 fully saturated rings. The Morgan fingerprint density at radius 3 is 2.40 bits per heavy atom. The summed E-state index contributed by atoms with van der Waals surface area (Å²) in [5.74, 6) is 0.826. The van der Waals surface area contributed by atoms with Crippen molar-refractivity contribution in [3.05, 3.63) is 88.8 Å². The summed E-state index contributed by atoms with van der Waals surface area (Å²) in [6.45, 7) is 0. The van der Waals surface area contributed by atoms with Crippen molar-refractivity contribution in [2.24, 2.45) is 0 Å². The van der Waals surface area contributed by atoms with Crippen LogP contribution in [0.3, 0.4) is 0 Å². The molecule has 0 atom stereocenters. The molecule has 0 spiro atoms. The van der Waals surface area contributed by atoms with Gasteiger partial charge >= 0.3 is 5.63 Å². The lowest BCUT2D eigenvalue weighted by molar-refractivity contribution is 0.102. The van der Waals surface area contributed by atoms with E-state index >= 15 is 0 Å². The number of amides is 1. The third kappa shape index (κ3) is 3.75. The van der Waals surface area contributed by atoms with E-state index in [4.69, 9.17) is 13.9 Å². The van der Waals surface area contributed by atoms with Gasteiger partial charge in [-0.25, -0.2) is 4.79 Å². The minimum Gasteiger partial charge on any atom is -0.497 e. The molecule has 150 valence electrons. The summed E-state index contributed by atoms with van der Waals surface area (Å²) in [6.07, 6.45) is 0. The highest BCUT2D eigenvalue weighted by Gasteiger charge is 2.12. The van der Waals surface area contributed by atoms with Gasteiger partial charge in [0.2, 0.25) is 0 Å². The minimum atomic E-state index is -0.422. The van der Waals surface area contributed by atoms with Crippen LogP contribution in [-0.4, -0.2) is 20.1 Å². The molecule has 0 aliphatic rings. The minimum absolute atomic E-state index is 0.296. The first-order valence-electron chi connectivity index (χ1n) is 9.26. The first-order chi connectivity index (χ1) is 14.6. The number of fused-ring (bicyclic) bond motifs is 1. The maximum atomic E-state index is 12.6. The van der Waals surface area contributed by atoms with Crippen LogP contribution in [0, 0.1) is 0 Å². The number of ether oxygens (including phenoxy) is 2. The van der Waals surface area contributed by atoms with Gasteiger partial charge in [0.1, 0.15) is 17.1 Å². The van der Waals surface area contributed by atoms with Crippen molar-refractivity contribution in [2.75, 3.05) is 19.5 Å². The van der Waals surface area contributed by atoms with Gasteiger partial charge in [0.05, 0.1) is 25.5 Å². The van der Waals surface area contributed by atoms with Crippen LogP contribution in [-0.2, 0) is 0 Å². The highest BCUT2D eigenvalue weighted by atomic mass is 16.5. The monoisotopic (exact) mass is 401 g/mol. The van der Waals surface area contributed by atoms with Crippen molar-refractivity contribution in [1.29, 1.82) is 0 Å². The van der Waals surface area contributed by atoms with Crippen LogP contribution < -0.4 is 20.4 Å². The van der Waals surface area contributed by atoms with Crippen LogP contribution in [0.2, 0.25) is 0 Å². The van der Waals surface area contributed by atoms with E-state index in [-0.39, 0.29) is 5.91 Å². The van der Waals surface area contributed by atoms with E-state index in [1.807, 2.05) is 18.2 Å². The molecule has 4 rings (SSSR count). The molecular weight excluding hydrogens is 382 g/mol. The molecule has 6 nitrogen and oxygen atoms in total. The summed E-state index contributed by atoms with van der Waals surface area (Å²) >= 11 is 0. The molecule has 6 heteroatoms. The van der Waals surface area contributed by atoms with E-state index in [1.54, 1.807) is 61.7 Å². The summed E-state index contributed by atoms with van der Waals surface area (Å²) < 4.78 is 15.9. The Balaban J connectivity index is 1.59. The number of anilines is 1. The van der Waals surface area contributed by atoms with Crippen molar-refractivity contribution >= 4 is 22.6 Å². The number of benzene rings is 3. The molecule has 1 aromatic heterocycles. The number of hydrogen-bond donors (Lipinski definition) is 1. The number of carbonyl (C=O) groups is 1. The normalized spacial score (nSPS) is 10.6. The van der Waals surface area contributed by atoms with Crippen molar-refractivity contribution in [2.45, 2.75) is 0 Å². The number of hydrogen-bond acceptors (Lipinski definition) is 5. The second kappa shape index (κ2) is 8.13. The highest BCUT2D eigenvalue weighted by molar-refractivity contribution is 6.05. The fourth-order valence-electron chi connectivity index (χ4n) is 3.16. The lowest BCUT2D eigenvalue weighted by Crippen LogP contribution is -2.12. The molecule has 0 aliphatic heterocycles. The van der Waals surface area contributed by atoms with Gasteiger partial charge in [0.25, 0.3) is 5.91 Å². The molecule has 4 aromatic rings. The summed E-state index contributed by atoms with van der Waals surface area (Å²) in [5.41, 5.74) is 2.21. The van der Waals surface area contributed by atoms with Gasteiger partial charge < -0.3 is 19.2 Å². The molecule has 1 N–H and O–H groups in total. The zero-order chi connectivity index (χ0) is 21.1. The van der Waals surface area contributed by atoms with Gasteiger partial charge in [-0.1, -0.05) is 30.3 Å². The van der Waals surface area contributed by atoms with Crippen LogP contribution in [0.15, 0.2) is 82.0 Å². The summed E-state index contributed by atoms with van der Waals surface area (Å²) in [5, 5.41) is 3.66. The Hall–Kier alpha value is -4.06. The van der Waals surface area contributed by atoms with Gasteiger partial charge in [-0.05, 0) is 42.0 Å². The largest absolute Gasteiger partial charge is 0.497 e. The van der Waals surface area contributed by atoms with Gasteiger partial charge in [0.15, 0.2) is 0 Å². The molecule has 0 bridgehead atoms. The Kier molecular flexibility index (Phi) is 5.22. The third-order valence-corrected chi connectivity index (χ3v) is 4.76. The Bertz CT molecular complexity index is 1280. The molecule has 0 unspecified atom stereocenters. The average Bonchev–Trinajstić information content (AvgIpc) is 2.79. The number of carbonyl (C=O) groups excluding carboxylic acids is 1. The van der Waals surface area contributed by atoms with Crippen molar-refractivity contribution in [1.82, 2.24) is 0 Å². The summed E-state index contributed by atoms with van der Waals surface area (Å²) in [7, 11) is 3.08. The standard InChI is InChI=1S/C24H19NO5/c1-28-18-11-12-20(22(14-18)29-2)25-23(26)16-9-7-15(8-10-16)19-13-17-5-3-4-6-21(17)30-24(19)27/h3-14H,1-2H3,(H,25,26). The van der Waals surface area contributed by atoms with Gasteiger partial charge in [-0.15, -0.1) is 0 Å². The fourth-order valence-corrected chi connectivity index (χ4v) is 3.16.